The Bertz CT molecular complexity index is 729. The number of nitrogens with zero attached hydrogens (tertiary/aromatic N) is 3. The standard InChI is InChI=1S/C14H14N4OS/c1-2-11-14(20-9-17-11)5-10(1)18-8-16-6-12(18)13-7-15-3-4-19-13/h1-2,5-6,8-9,13,15H,3-4,7H2. The van der Waals surface area contributed by atoms with E-state index in [0.29, 0.717) is 0 Å². The van der Waals surface area contributed by atoms with Crippen LogP contribution in [0, 0.1) is 0 Å². The Morgan fingerprint density at radius 2 is 2.40 bits per heavy atom. The molecule has 3 heterocycles. The highest BCUT2D eigenvalue weighted by Crippen LogP contribution is 2.25. The molecule has 1 aromatic carbocycles. The summed E-state index contributed by atoms with van der Waals surface area (Å²) in [6.07, 6.45) is 3.78. The topological polar surface area (TPSA) is 52.0 Å². The lowest BCUT2D eigenvalue weighted by Gasteiger charge is -2.24. The zero-order valence-corrected chi connectivity index (χ0v) is 11.6. The number of ether oxygens (including phenoxy) is 1. The molecule has 5 nitrogen and oxygen atoms in total. The van der Waals surface area contributed by atoms with Gasteiger partial charge in [-0.25, -0.2) is 9.97 Å². The van der Waals surface area contributed by atoms with Crippen LogP contribution < -0.4 is 5.32 Å². The van der Waals surface area contributed by atoms with E-state index in [9.17, 15) is 0 Å². The van der Waals surface area contributed by atoms with Crippen molar-refractivity contribution in [2.45, 2.75) is 6.10 Å². The number of rotatable bonds is 2. The van der Waals surface area contributed by atoms with Crippen molar-refractivity contribution in [3.05, 3.63) is 41.9 Å². The van der Waals surface area contributed by atoms with Gasteiger partial charge in [0.15, 0.2) is 0 Å². The molecule has 1 fully saturated rings. The fraction of sp³-hybridized carbons (Fsp3) is 0.286. The molecule has 3 aromatic rings. The number of thiazole rings is 1. The smallest absolute Gasteiger partial charge is 0.112 e. The number of benzene rings is 1. The lowest BCUT2D eigenvalue weighted by Crippen LogP contribution is -2.34. The predicted octanol–water partition coefficient (Wildman–Crippen LogP) is 2.14. The lowest BCUT2D eigenvalue weighted by atomic mass is 10.2. The van der Waals surface area contributed by atoms with Crippen molar-refractivity contribution in [1.29, 1.82) is 0 Å². The van der Waals surface area contributed by atoms with Gasteiger partial charge in [-0.1, -0.05) is 0 Å². The number of aromatic nitrogens is 3. The molecule has 102 valence electrons. The monoisotopic (exact) mass is 286 g/mol. The first-order chi connectivity index (χ1) is 9.92. The summed E-state index contributed by atoms with van der Waals surface area (Å²) < 4.78 is 9.10. The van der Waals surface area contributed by atoms with Gasteiger partial charge in [0, 0.05) is 18.8 Å². The maximum Gasteiger partial charge on any atom is 0.112 e. The minimum absolute atomic E-state index is 0.0587. The molecule has 1 unspecified atom stereocenters. The van der Waals surface area contributed by atoms with E-state index >= 15 is 0 Å². The average molecular weight is 286 g/mol. The minimum atomic E-state index is 0.0587. The molecule has 1 aliphatic heterocycles. The fourth-order valence-electron chi connectivity index (χ4n) is 2.51. The predicted molar refractivity (Wildman–Crippen MR) is 78.3 cm³/mol. The average Bonchev–Trinajstić information content (AvgIpc) is 3.16. The Kier molecular flexibility index (Phi) is 2.99. The summed E-state index contributed by atoms with van der Waals surface area (Å²) in [4.78, 5) is 8.60. The third kappa shape index (κ3) is 2.02. The van der Waals surface area contributed by atoms with Gasteiger partial charge in [-0.3, -0.25) is 0 Å². The van der Waals surface area contributed by atoms with Gasteiger partial charge in [0.2, 0.25) is 0 Å². The Morgan fingerprint density at radius 3 is 3.30 bits per heavy atom. The van der Waals surface area contributed by atoms with E-state index in [-0.39, 0.29) is 6.10 Å². The molecule has 0 spiro atoms. The molecular formula is C14H14N4OS. The number of hydrogen-bond acceptors (Lipinski definition) is 5. The molecule has 2 aromatic heterocycles. The van der Waals surface area contributed by atoms with Crippen LogP contribution in [-0.4, -0.2) is 34.2 Å². The van der Waals surface area contributed by atoms with Crippen LogP contribution in [0.5, 0.6) is 0 Å². The van der Waals surface area contributed by atoms with Crippen molar-refractivity contribution in [1.82, 2.24) is 19.9 Å². The van der Waals surface area contributed by atoms with Crippen molar-refractivity contribution in [3.8, 4) is 5.69 Å². The molecule has 0 saturated carbocycles. The normalized spacial score (nSPS) is 19.5. The summed E-state index contributed by atoms with van der Waals surface area (Å²) in [7, 11) is 0. The third-order valence-electron chi connectivity index (χ3n) is 3.52. The zero-order valence-electron chi connectivity index (χ0n) is 10.8. The van der Waals surface area contributed by atoms with Crippen LogP contribution in [0.3, 0.4) is 0 Å². The zero-order chi connectivity index (χ0) is 13.4. The molecule has 1 saturated heterocycles. The molecule has 1 N–H and O–H groups in total. The van der Waals surface area contributed by atoms with Gasteiger partial charge >= 0.3 is 0 Å². The summed E-state index contributed by atoms with van der Waals surface area (Å²) in [5.41, 5.74) is 5.10. The van der Waals surface area contributed by atoms with Gasteiger partial charge in [0.05, 0.1) is 40.6 Å². The maximum atomic E-state index is 5.82. The number of hydrogen-bond donors (Lipinski definition) is 1. The molecule has 1 aliphatic rings. The van der Waals surface area contributed by atoms with Crippen molar-refractivity contribution in [3.63, 3.8) is 0 Å². The van der Waals surface area contributed by atoms with Gasteiger partial charge in [-0.2, -0.15) is 0 Å². The van der Waals surface area contributed by atoms with Crippen LogP contribution in [0.1, 0.15) is 11.8 Å². The van der Waals surface area contributed by atoms with E-state index in [1.807, 2.05) is 24.1 Å². The second-order valence-corrected chi connectivity index (χ2v) is 5.64. The lowest BCUT2D eigenvalue weighted by molar-refractivity contribution is 0.0240. The van der Waals surface area contributed by atoms with Crippen LogP contribution in [-0.2, 0) is 4.74 Å². The minimum Gasteiger partial charge on any atom is -0.369 e. The first kappa shape index (κ1) is 12.0. The third-order valence-corrected chi connectivity index (χ3v) is 4.31. The highest BCUT2D eigenvalue weighted by molar-refractivity contribution is 7.16. The van der Waals surface area contributed by atoms with E-state index in [0.717, 1.165) is 36.6 Å². The molecule has 4 rings (SSSR count). The largest absolute Gasteiger partial charge is 0.369 e. The van der Waals surface area contributed by atoms with E-state index in [1.165, 1.54) is 4.70 Å². The van der Waals surface area contributed by atoms with Gasteiger partial charge in [-0.15, -0.1) is 11.3 Å². The van der Waals surface area contributed by atoms with E-state index in [4.69, 9.17) is 4.74 Å². The first-order valence-corrected chi connectivity index (χ1v) is 7.48. The van der Waals surface area contributed by atoms with Crippen molar-refractivity contribution in [2.75, 3.05) is 19.7 Å². The highest BCUT2D eigenvalue weighted by atomic mass is 32.1. The summed E-state index contributed by atoms with van der Waals surface area (Å²) in [5, 5.41) is 3.35. The first-order valence-electron chi connectivity index (χ1n) is 6.60. The van der Waals surface area contributed by atoms with Gasteiger partial charge in [0.25, 0.3) is 0 Å². The highest BCUT2D eigenvalue weighted by Gasteiger charge is 2.20. The molecular weight excluding hydrogens is 272 g/mol. The van der Waals surface area contributed by atoms with Gasteiger partial charge in [-0.05, 0) is 18.2 Å². The second kappa shape index (κ2) is 4.97. The number of nitrogens with one attached hydrogen (secondary N) is 1. The Balaban J connectivity index is 1.75. The molecule has 6 heteroatoms. The molecule has 1 atom stereocenters. The molecule has 0 amide bonds. The van der Waals surface area contributed by atoms with Crippen LogP contribution in [0.2, 0.25) is 0 Å². The Labute approximate surface area is 120 Å². The fourth-order valence-corrected chi connectivity index (χ4v) is 3.22. The summed E-state index contributed by atoms with van der Waals surface area (Å²) in [5.74, 6) is 0. The maximum absolute atomic E-state index is 5.82. The number of morpholine rings is 1. The van der Waals surface area contributed by atoms with E-state index < -0.39 is 0 Å². The van der Waals surface area contributed by atoms with Crippen LogP contribution in [0.4, 0.5) is 0 Å². The number of fused-ring (bicyclic) bond motifs is 1. The van der Waals surface area contributed by atoms with Gasteiger partial charge in [0.1, 0.15) is 6.10 Å². The van der Waals surface area contributed by atoms with Crippen LogP contribution in [0.15, 0.2) is 36.2 Å². The summed E-state index contributed by atoms with van der Waals surface area (Å²) in [6, 6.07) is 6.27. The van der Waals surface area contributed by atoms with E-state index in [2.05, 4.69) is 32.0 Å². The molecule has 0 bridgehead atoms. The summed E-state index contributed by atoms with van der Waals surface area (Å²) in [6.45, 7) is 2.48. The molecule has 0 radical (unpaired) electrons. The molecule has 20 heavy (non-hydrogen) atoms. The number of imidazole rings is 1. The van der Waals surface area contributed by atoms with Crippen molar-refractivity contribution >= 4 is 21.6 Å². The van der Waals surface area contributed by atoms with Crippen LogP contribution >= 0.6 is 11.3 Å². The van der Waals surface area contributed by atoms with E-state index in [1.54, 1.807) is 11.3 Å². The van der Waals surface area contributed by atoms with Crippen LogP contribution in [0.25, 0.3) is 15.9 Å². The van der Waals surface area contributed by atoms with Gasteiger partial charge < -0.3 is 14.6 Å². The summed E-state index contributed by atoms with van der Waals surface area (Å²) >= 11 is 1.65. The van der Waals surface area contributed by atoms with Crippen molar-refractivity contribution in [2.24, 2.45) is 0 Å². The van der Waals surface area contributed by atoms with Crippen molar-refractivity contribution < 1.29 is 4.74 Å². The Morgan fingerprint density at radius 1 is 1.40 bits per heavy atom. The Hall–Kier alpha value is -1.76. The SMILES string of the molecule is c1nc2ccc(-n3cncc3C3CNCCO3)cc2s1. The quantitative estimate of drug-likeness (QED) is 0.784. The molecule has 0 aliphatic carbocycles. The second-order valence-electron chi connectivity index (χ2n) is 4.76.